The van der Waals surface area contributed by atoms with Crippen LogP contribution in [0.3, 0.4) is 0 Å². The molecule has 0 radical (unpaired) electrons. The van der Waals surface area contributed by atoms with Gasteiger partial charge in [0.2, 0.25) is 0 Å². The number of rotatable bonds is 3. The molecule has 3 nitrogen and oxygen atoms in total. The van der Waals surface area contributed by atoms with Gasteiger partial charge in [-0.1, -0.05) is 12.8 Å². The quantitative estimate of drug-likeness (QED) is 0.729. The van der Waals surface area contributed by atoms with E-state index >= 15 is 0 Å². The number of hydrogen-bond acceptors (Lipinski definition) is 3. The van der Waals surface area contributed by atoms with E-state index in [1.165, 1.54) is 25.9 Å². The third-order valence-corrected chi connectivity index (χ3v) is 3.88. The van der Waals surface area contributed by atoms with Crippen LogP contribution in [0.5, 0.6) is 0 Å². The molecule has 2 aliphatic heterocycles. The molecule has 2 aliphatic rings. The molecule has 1 N–H and O–H groups in total. The lowest BCUT2D eigenvalue weighted by atomic mass is 10.1. The minimum Gasteiger partial charge on any atom is -0.314 e. The van der Waals surface area contributed by atoms with Crippen LogP contribution >= 0.6 is 0 Å². The zero-order valence-electron chi connectivity index (χ0n) is 11.0. The predicted molar refractivity (Wildman–Crippen MR) is 72.0 cm³/mol. The Morgan fingerprint density at radius 3 is 2.76 bits per heavy atom. The SMILES string of the molecule is CCN1CCCC1CC#CCN1CCNCC1. The van der Waals surface area contributed by atoms with Gasteiger partial charge in [-0.25, -0.2) is 0 Å². The first-order valence-corrected chi connectivity index (χ1v) is 7.03. The van der Waals surface area contributed by atoms with Crippen molar-refractivity contribution in [3.63, 3.8) is 0 Å². The van der Waals surface area contributed by atoms with Gasteiger partial charge in [0.15, 0.2) is 0 Å². The number of nitrogens with zero attached hydrogens (tertiary/aromatic N) is 2. The lowest BCUT2D eigenvalue weighted by Gasteiger charge is -2.25. The van der Waals surface area contributed by atoms with Gasteiger partial charge in [-0.2, -0.15) is 0 Å². The van der Waals surface area contributed by atoms with Crippen molar-refractivity contribution < 1.29 is 0 Å². The maximum Gasteiger partial charge on any atom is 0.0602 e. The summed E-state index contributed by atoms with van der Waals surface area (Å²) >= 11 is 0. The summed E-state index contributed by atoms with van der Waals surface area (Å²) in [5.74, 6) is 6.73. The second kappa shape index (κ2) is 7.00. The summed E-state index contributed by atoms with van der Waals surface area (Å²) < 4.78 is 0. The maximum atomic E-state index is 3.39. The normalized spacial score (nSPS) is 26.8. The van der Waals surface area contributed by atoms with E-state index in [9.17, 15) is 0 Å². The Bertz CT molecular complexity index is 273. The van der Waals surface area contributed by atoms with Crippen LogP contribution in [-0.4, -0.2) is 61.7 Å². The molecule has 2 rings (SSSR count). The fourth-order valence-corrected chi connectivity index (χ4v) is 2.77. The van der Waals surface area contributed by atoms with Gasteiger partial charge in [-0.3, -0.25) is 9.80 Å². The van der Waals surface area contributed by atoms with Crippen LogP contribution in [0.25, 0.3) is 0 Å². The van der Waals surface area contributed by atoms with Crippen molar-refractivity contribution in [1.82, 2.24) is 15.1 Å². The number of hydrogen-bond donors (Lipinski definition) is 1. The van der Waals surface area contributed by atoms with Crippen molar-refractivity contribution in [3.05, 3.63) is 0 Å². The second-order valence-electron chi connectivity index (χ2n) is 5.01. The summed E-state index contributed by atoms with van der Waals surface area (Å²) in [6, 6.07) is 0.732. The van der Waals surface area contributed by atoms with Crippen LogP contribution in [0.1, 0.15) is 26.2 Å². The Labute approximate surface area is 106 Å². The summed E-state index contributed by atoms with van der Waals surface area (Å²) in [5.41, 5.74) is 0. The van der Waals surface area contributed by atoms with Crippen LogP contribution in [0.15, 0.2) is 0 Å². The van der Waals surface area contributed by atoms with E-state index in [1.54, 1.807) is 0 Å². The zero-order valence-corrected chi connectivity index (χ0v) is 11.0. The van der Waals surface area contributed by atoms with Crippen molar-refractivity contribution in [2.75, 3.05) is 45.8 Å². The molecule has 0 amide bonds. The highest BCUT2D eigenvalue weighted by molar-refractivity contribution is 5.04. The molecule has 2 saturated heterocycles. The van der Waals surface area contributed by atoms with Gasteiger partial charge in [-0.05, 0) is 25.9 Å². The first-order chi connectivity index (χ1) is 8.40. The largest absolute Gasteiger partial charge is 0.314 e. The lowest BCUT2D eigenvalue weighted by molar-refractivity contribution is 0.266. The molecule has 0 bridgehead atoms. The summed E-state index contributed by atoms with van der Waals surface area (Å²) in [6.07, 6.45) is 3.77. The number of likely N-dealkylation sites (tertiary alicyclic amines) is 1. The lowest BCUT2D eigenvalue weighted by Crippen LogP contribution is -2.43. The van der Waals surface area contributed by atoms with Gasteiger partial charge >= 0.3 is 0 Å². The molecule has 0 aromatic rings. The van der Waals surface area contributed by atoms with E-state index < -0.39 is 0 Å². The van der Waals surface area contributed by atoms with Gasteiger partial charge in [-0.15, -0.1) is 5.92 Å². The first-order valence-electron chi connectivity index (χ1n) is 7.03. The van der Waals surface area contributed by atoms with Gasteiger partial charge in [0.05, 0.1) is 6.54 Å². The third kappa shape index (κ3) is 3.99. The van der Waals surface area contributed by atoms with Crippen molar-refractivity contribution >= 4 is 0 Å². The molecule has 0 aromatic heterocycles. The third-order valence-electron chi connectivity index (χ3n) is 3.88. The van der Waals surface area contributed by atoms with E-state index in [1.807, 2.05) is 0 Å². The highest BCUT2D eigenvalue weighted by Crippen LogP contribution is 2.18. The fraction of sp³-hybridized carbons (Fsp3) is 0.857. The van der Waals surface area contributed by atoms with Gasteiger partial charge < -0.3 is 5.32 Å². The molecule has 17 heavy (non-hydrogen) atoms. The molecule has 0 aromatic carbocycles. The Morgan fingerprint density at radius 1 is 1.18 bits per heavy atom. The molecule has 1 atom stereocenters. The number of piperazine rings is 1. The van der Waals surface area contributed by atoms with E-state index in [0.29, 0.717) is 0 Å². The van der Waals surface area contributed by atoms with Crippen molar-refractivity contribution in [1.29, 1.82) is 0 Å². The zero-order chi connectivity index (χ0) is 11.9. The van der Waals surface area contributed by atoms with E-state index in [4.69, 9.17) is 0 Å². The van der Waals surface area contributed by atoms with Crippen LogP contribution in [0.2, 0.25) is 0 Å². The average molecular weight is 235 g/mol. The Hall–Kier alpha value is -0.560. The molecule has 3 heteroatoms. The van der Waals surface area contributed by atoms with Gasteiger partial charge in [0.25, 0.3) is 0 Å². The minimum absolute atomic E-state index is 0.732. The number of nitrogens with one attached hydrogen (secondary N) is 1. The fourth-order valence-electron chi connectivity index (χ4n) is 2.77. The van der Waals surface area contributed by atoms with Crippen LogP contribution in [-0.2, 0) is 0 Å². The predicted octanol–water partition coefficient (Wildman–Crippen LogP) is 0.769. The van der Waals surface area contributed by atoms with Crippen LogP contribution in [0, 0.1) is 11.8 Å². The smallest absolute Gasteiger partial charge is 0.0602 e. The Balaban J connectivity index is 1.67. The van der Waals surface area contributed by atoms with Gasteiger partial charge in [0.1, 0.15) is 0 Å². The molecule has 2 heterocycles. The van der Waals surface area contributed by atoms with Crippen LogP contribution in [0.4, 0.5) is 0 Å². The summed E-state index contributed by atoms with van der Waals surface area (Å²) in [4.78, 5) is 5.01. The average Bonchev–Trinajstić information content (AvgIpc) is 2.83. The molecule has 2 fully saturated rings. The summed E-state index contributed by atoms with van der Waals surface area (Å²) in [7, 11) is 0. The molecule has 0 saturated carbocycles. The molecule has 96 valence electrons. The Morgan fingerprint density at radius 2 is 2.00 bits per heavy atom. The molecule has 0 spiro atoms. The topological polar surface area (TPSA) is 18.5 Å². The molecular weight excluding hydrogens is 210 g/mol. The standard InChI is InChI=1S/C14H25N3/c1-2-17-11-5-7-14(17)6-3-4-10-16-12-8-15-9-13-16/h14-15H,2,5-13H2,1H3. The van der Waals surface area contributed by atoms with Crippen LogP contribution < -0.4 is 5.32 Å². The molecule has 0 aliphatic carbocycles. The van der Waals surface area contributed by atoms with E-state index in [-0.39, 0.29) is 0 Å². The maximum absolute atomic E-state index is 3.39. The second-order valence-corrected chi connectivity index (χ2v) is 5.01. The summed E-state index contributed by atoms with van der Waals surface area (Å²) in [5, 5.41) is 3.37. The monoisotopic (exact) mass is 235 g/mol. The van der Waals surface area contributed by atoms with E-state index in [0.717, 1.165) is 45.2 Å². The van der Waals surface area contributed by atoms with Crippen molar-refractivity contribution in [3.8, 4) is 11.8 Å². The molecule has 1 unspecified atom stereocenters. The van der Waals surface area contributed by atoms with Gasteiger partial charge in [0, 0.05) is 38.6 Å². The highest BCUT2D eigenvalue weighted by Gasteiger charge is 2.21. The highest BCUT2D eigenvalue weighted by atomic mass is 15.2. The Kier molecular flexibility index (Phi) is 5.31. The van der Waals surface area contributed by atoms with E-state index in [2.05, 4.69) is 33.9 Å². The minimum atomic E-state index is 0.732. The molecular formula is C14H25N3. The van der Waals surface area contributed by atoms with Crippen molar-refractivity contribution in [2.24, 2.45) is 0 Å². The first kappa shape index (κ1) is 12.9. The van der Waals surface area contributed by atoms with Crippen molar-refractivity contribution in [2.45, 2.75) is 32.2 Å². The summed E-state index contributed by atoms with van der Waals surface area (Å²) in [6.45, 7) is 10.2.